The van der Waals surface area contributed by atoms with Crippen LogP contribution in [0.5, 0.6) is 0 Å². The van der Waals surface area contributed by atoms with Gasteiger partial charge in [0.05, 0.1) is 0 Å². The van der Waals surface area contributed by atoms with Gasteiger partial charge in [-0.3, -0.25) is 0 Å². The SMILES string of the molecule is CC[O-].CC[O-].[Na+].[Na+]. The van der Waals surface area contributed by atoms with Crippen molar-refractivity contribution < 1.29 is 69.3 Å². The van der Waals surface area contributed by atoms with Crippen LogP contribution in [0.4, 0.5) is 0 Å². The van der Waals surface area contributed by atoms with Crippen molar-refractivity contribution in [2.24, 2.45) is 0 Å². The third kappa shape index (κ3) is 103. The topological polar surface area (TPSA) is 46.1 Å². The summed E-state index contributed by atoms with van der Waals surface area (Å²) >= 11 is 0. The van der Waals surface area contributed by atoms with Gasteiger partial charge in [0.1, 0.15) is 0 Å². The summed E-state index contributed by atoms with van der Waals surface area (Å²) in [5.74, 6) is 0. The summed E-state index contributed by atoms with van der Waals surface area (Å²) in [5.41, 5.74) is 0. The van der Waals surface area contributed by atoms with Crippen LogP contribution in [0, 0.1) is 0 Å². The number of hydrogen-bond donors (Lipinski definition) is 0. The van der Waals surface area contributed by atoms with Gasteiger partial charge in [-0.25, -0.2) is 0 Å². The van der Waals surface area contributed by atoms with E-state index < -0.39 is 0 Å². The van der Waals surface area contributed by atoms with Crippen molar-refractivity contribution in [3.63, 3.8) is 0 Å². The molecule has 0 aromatic carbocycles. The molecule has 0 bridgehead atoms. The maximum absolute atomic E-state index is 8.93. The Labute approximate surface area is 95.3 Å². The molecular formula is C4H10Na2O2. The maximum Gasteiger partial charge on any atom is 1.00 e. The van der Waals surface area contributed by atoms with Gasteiger partial charge < -0.3 is 10.2 Å². The molecule has 0 aliphatic carbocycles. The molecule has 0 saturated carbocycles. The van der Waals surface area contributed by atoms with Gasteiger partial charge in [-0.15, -0.1) is 13.2 Å². The Bertz CT molecular complexity index is 14.0. The van der Waals surface area contributed by atoms with Gasteiger partial charge in [-0.2, -0.15) is 0 Å². The molecule has 0 aromatic heterocycles. The van der Waals surface area contributed by atoms with Crippen LogP contribution in [0.15, 0.2) is 0 Å². The van der Waals surface area contributed by atoms with Gasteiger partial charge in [0.25, 0.3) is 0 Å². The third-order valence-electron chi connectivity index (χ3n) is 0. The second-order valence-electron chi connectivity index (χ2n) is 0.577. The van der Waals surface area contributed by atoms with Gasteiger partial charge in [-0.05, 0) is 0 Å². The average molecular weight is 136 g/mol. The second-order valence-corrected chi connectivity index (χ2v) is 0.577. The molecule has 0 fully saturated rings. The fourth-order valence-electron chi connectivity index (χ4n) is 0. The van der Waals surface area contributed by atoms with Crippen LogP contribution in [0.3, 0.4) is 0 Å². The first-order chi connectivity index (χ1) is 2.83. The summed E-state index contributed by atoms with van der Waals surface area (Å²) < 4.78 is 0. The molecule has 0 heterocycles. The molecule has 0 saturated heterocycles. The maximum atomic E-state index is 8.93. The third-order valence-corrected chi connectivity index (χ3v) is 0. The second kappa shape index (κ2) is 36.4. The molecule has 0 amide bonds. The van der Waals surface area contributed by atoms with Crippen LogP contribution in [0.2, 0.25) is 0 Å². The first-order valence-electron chi connectivity index (χ1n) is 1.99. The van der Waals surface area contributed by atoms with Gasteiger partial charge in [0.2, 0.25) is 0 Å². The zero-order valence-electron chi connectivity index (χ0n) is 6.23. The van der Waals surface area contributed by atoms with Crippen LogP contribution < -0.4 is 69.3 Å². The first-order valence-corrected chi connectivity index (χ1v) is 1.99. The van der Waals surface area contributed by atoms with E-state index in [1.54, 1.807) is 13.8 Å². The van der Waals surface area contributed by atoms with E-state index >= 15 is 0 Å². The Kier molecular flexibility index (Phi) is 103. The molecule has 0 N–H and O–H groups in total. The van der Waals surface area contributed by atoms with Gasteiger partial charge in [0.15, 0.2) is 0 Å². The number of rotatable bonds is 0. The molecule has 0 atom stereocenters. The summed E-state index contributed by atoms with van der Waals surface area (Å²) in [6.45, 7) is 3.14. The molecule has 8 heavy (non-hydrogen) atoms. The fourth-order valence-corrected chi connectivity index (χ4v) is 0. The molecule has 0 aliphatic rings. The van der Waals surface area contributed by atoms with E-state index in [2.05, 4.69) is 0 Å². The molecule has 2 nitrogen and oxygen atoms in total. The molecule has 0 unspecified atom stereocenters. The molecule has 4 heteroatoms. The van der Waals surface area contributed by atoms with Gasteiger partial charge in [0, 0.05) is 0 Å². The number of hydrogen-bond acceptors (Lipinski definition) is 2. The Hall–Kier alpha value is 1.92. The van der Waals surface area contributed by atoms with Crippen molar-refractivity contribution in [2.75, 3.05) is 13.2 Å². The van der Waals surface area contributed by atoms with E-state index in [1.165, 1.54) is 0 Å². The Morgan fingerprint density at radius 2 is 0.875 bits per heavy atom. The summed E-state index contributed by atoms with van der Waals surface area (Å²) in [4.78, 5) is 0. The first kappa shape index (κ1) is 22.5. The zero-order valence-corrected chi connectivity index (χ0v) is 10.2. The van der Waals surface area contributed by atoms with E-state index in [0.29, 0.717) is 0 Å². The molecule has 0 aromatic rings. The van der Waals surface area contributed by atoms with Gasteiger partial charge in [-0.1, -0.05) is 13.8 Å². The van der Waals surface area contributed by atoms with Crippen LogP contribution in [0.25, 0.3) is 0 Å². The fraction of sp³-hybridized carbons (Fsp3) is 1.00. The normalized spacial score (nSPS) is 4.50. The Balaban J connectivity index is -0.0000000160. The minimum absolute atomic E-state index is 0. The largest absolute Gasteiger partial charge is 1.00 e. The van der Waals surface area contributed by atoms with Crippen molar-refractivity contribution in [2.45, 2.75) is 13.8 Å². The minimum atomic E-state index is 0. The van der Waals surface area contributed by atoms with Crippen molar-refractivity contribution in [1.82, 2.24) is 0 Å². The molecular weight excluding hydrogens is 126 g/mol. The van der Waals surface area contributed by atoms with Crippen LogP contribution in [0.1, 0.15) is 13.8 Å². The molecule has 40 valence electrons. The monoisotopic (exact) mass is 136 g/mol. The minimum Gasteiger partial charge on any atom is -0.855 e. The van der Waals surface area contributed by atoms with E-state index in [4.69, 9.17) is 10.2 Å². The van der Waals surface area contributed by atoms with E-state index in [-0.39, 0.29) is 72.3 Å². The smallest absolute Gasteiger partial charge is 0.855 e. The van der Waals surface area contributed by atoms with Crippen molar-refractivity contribution >= 4 is 0 Å². The Morgan fingerprint density at radius 3 is 0.875 bits per heavy atom. The molecule has 0 aliphatic heterocycles. The van der Waals surface area contributed by atoms with Crippen molar-refractivity contribution in [3.05, 3.63) is 0 Å². The van der Waals surface area contributed by atoms with E-state index in [9.17, 15) is 0 Å². The van der Waals surface area contributed by atoms with E-state index in [0.717, 1.165) is 0 Å². The standard InChI is InChI=1S/2C2H5O.2Na/c2*1-2-3;;/h2*2H2,1H3;;/q2*-1;2*+1. The van der Waals surface area contributed by atoms with Crippen molar-refractivity contribution in [1.29, 1.82) is 0 Å². The van der Waals surface area contributed by atoms with Crippen LogP contribution in [-0.2, 0) is 0 Å². The van der Waals surface area contributed by atoms with E-state index in [1.807, 2.05) is 0 Å². The summed E-state index contributed by atoms with van der Waals surface area (Å²) in [7, 11) is 0. The molecule has 0 radical (unpaired) electrons. The predicted molar refractivity (Wildman–Crippen MR) is 21.1 cm³/mol. The molecule has 0 rings (SSSR count). The summed E-state index contributed by atoms with van der Waals surface area (Å²) in [5, 5.41) is 17.9. The zero-order chi connectivity index (χ0) is 5.41. The van der Waals surface area contributed by atoms with Gasteiger partial charge >= 0.3 is 59.1 Å². The van der Waals surface area contributed by atoms with Crippen molar-refractivity contribution in [3.8, 4) is 0 Å². The molecule has 0 spiro atoms. The predicted octanol–water partition coefficient (Wildman–Crippen LogP) is -7.26. The quantitative estimate of drug-likeness (QED) is 0.311. The summed E-state index contributed by atoms with van der Waals surface area (Å²) in [6.07, 6.45) is 0. The van der Waals surface area contributed by atoms with Crippen LogP contribution >= 0.6 is 0 Å². The summed E-state index contributed by atoms with van der Waals surface area (Å²) in [6, 6.07) is 0. The average Bonchev–Trinajstić information content (AvgIpc) is 1.39. The van der Waals surface area contributed by atoms with Crippen LogP contribution in [-0.4, -0.2) is 13.2 Å². The Morgan fingerprint density at radius 1 is 0.875 bits per heavy atom.